The predicted molar refractivity (Wildman–Crippen MR) is 59.6 cm³/mol. The van der Waals surface area contributed by atoms with Crippen LogP contribution in [-0.4, -0.2) is 47.5 Å². The van der Waals surface area contributed by atoms with E-state index in [-0.39, 0.29) is 12.6 Å². The van der Waals surface area contributed by atoms with Gasteiger partial charge in [-0.25, -0.2) is 0 Å². The summed E-state index contributed by atoms with van der Waals surface area (Å²) >= 11 is 0. The lowest BCUT2D eigenvalue weighted by Crippen LogP contribution is -2.39. The van der Waals surface area contributed by atoms with Crippen molar-refractivity contribution < 1.29 is 18.3 Å². The molecule has 1 atom stereocenters. The molecule has 0 saturated heterocycles. The summed E-state index contributed by atoms with van der Waals surface area (Å²) in [5.41, 5.74) is 4.39. The van der Waals surface area contributed by atoms with Crippen LogP contribution in [0.25, 0.3) is 0 Å². The lowest BCUT2D eigenvalue weighted by Gasteiger charge is -2.26. The smallest absolute Gasteiger partial charge is 0.389 e. The molecule has 1 aliphatic rings. The molecule has 1 unspecified atom stereocenters. The Bertz CT molecular complexity index is 239. The number of aliphatic hydroxyl groups is 1. The summed E-state index contributed by atoms with van der Waals surface area (Å²) in [4.78, 5) is 1.46. The first-order valence-corrected chi connectivity index (χ1v) is 5.97. The Morgan fingerprint density at radius 3 is 2.35 bits per heavy atom. The molecule has 1 fully saturated rings. The molecule has 0 spiro atoms. The zero-order valence-corrected chi connectivity index (χ0v) is 10.1. The van der Waals surface area contributed by atoms with Crippen LogP contribution in [0, 0.1) is 0 Å². The third-order valence-corrected chi connectivity index (χ3v) is 3.05. The van der Waals surface area contributed by atoms with Crippen molar-refractivity contribution in [1.82, 2.24) is 4.90 Å². The fraction of sp³-hybridized carbons (Fsp3) is 1.00. The number of hydrogen-bond acceptors (Lipinski definition) is 3. The number of nitrogens with zero attached hydrogens (tertiary/aromatic N) is 1. The zero-order valence-electron chi connectivity index (χ0n) is 10.1. The van der Waals surface area contributed by atoms with Crippen molar-refractivity contribution in [3.63, 3.8) is 0 Å². The van der Waals surface area contributed by atoms with Gasteiger partial charge in [0.2, 0.25) is 0 Å². The van der Waals surface area contributed by atoms with Crippen LogP contribution in [0.1, 0.15) is 32.6 Å². The molecule has 0 aromatic rings. The Hall–Kier alpha value is -0.330. The number of rotatable bonds is 7. The van der Waals surface area contributed by atoms with E-state index >= 15 is 0 Å². The molecular weight excluding hydrogens is 233 g/mol. The number of halogens is 3. The highest BCUT2D eigenvalue weighted by atomic mass is 19.4. The molecule has 102 valence electrons. The molecule has 0 amide bonds. The summed E-state index contributed by atoms with van der Waals surface area (Å²) in [6.45, 7) is 1.27. The highest BCUT2D eigenvalue weighted by Gasteiger charge is 2.37. The van der Waals surface area contributed by atoms with E-state index in [0.717, 1.165) is 12.8 Å². The molecule has 17 heavy (non-hydrogen) atoms. The van der Waals surface area contributed by atoms with Crippen molar-refractivity contribution >= 4 is 0 Å². The largest absolute Gasteiger partial charge is 0.401 e. The Morgan fingerprint density at radius 1 is 1.35 bits per heavy atom. The maximum atomic E-state index is 12.3. The Kier molecular flexibility index (Phi) is 4.80. The zero-order chi connectivity index (χ0) is 13.1. The van der Waals surface area contributed by atoms with Gasteiger partial charge in [0.25, 0.3) is 0 Å². The van der Waals surface area contributed by atoms with Crippen LogP contribution in [0.3, 0.4) is 0 Å². The quantitative estimate of drug-likeness (QED) is 0.724. The van der Waals surface area contributed by atoms with Gasteiger partial charge in [-0.3, -0.25) is 4.90 Å². The summed E-state index contributed by atoms with van der Waals surface area (Å²) in [6, 6.07) is 0.0828. The molecule has 0 radical (unpaired) electrons. The molecule has 6 heteroatoms. The van der Waals surface area contributed by atoms with Gasteiger partial charge in [-0.15, -0.1) is 0 Å². The van der Waals surface area contributed by atoms with E-state index in [9.17, 15) is 18.3 Å². The third-order valence-electron chi connectivity index (χ3n) is 3.05. The van der Waals surface area contributed by atoms with Crippen LogP contribution >= 0.6 is 0 Å². The van der Waals surface area contributed by atoms with E-state index in [4.69, 9.17) is 5.73 Å². The van der Waals surface area contributed by atoms with Crippen LogP contribution in [0.4, 0.5) is 13.2 Å². The molecule has 1 aliphatic carbocycles. The molecule has 0 heterocycles. The number of hydrogen-bond donors (Lipinski definition) is 2. The molecule has 1 rings (SSSR count). The Balaban J connectivity index is 2.30. The molecular formula is C11H21F3N2O. The first-order chi connectivity index (χ1) is 7.73. The van der Waals surface area contributed by atoms with Gasteiger partial charge in [-0.2, -0.15) is 13.2 Å². The van der Waals surface area contributed by atoms with Crippen molar-refractivity contribution in [1.29, 1.82) is 0 Å². The van der Waals surface area contributed by atoms with Crippen LogP contribution in [0.15, 0.2) is 0 Å². The predicted octanol–water partition coefficient (Wildman–Crippen LogP) is 1.50. The molecule has 3 N–H and O–H groups in total. The minimum Gasteiger partial charge on any atom is -0.389 e. The molecule has 0 aliphatic heterocycles. The Morgan fingerprint density at radius 2 is 1.94 bits per heavy atom. The standard InChI is InChI=1S/C11H21F3N2O/c1-10(17,7-15)5-2-6-16(9-3-4-9)8-11(12,13)14/h9,17H,2-8,15H2,1H3. The molecule has 3 nitrogen and oxygen atoms in total. The van der Waals surface area contributed by atoms with Crippen LogP contribution in [0.5, 0.6) is 0 Å². The van der Waals surface area contributed by atoms with Gasteiger partial charge in [-0.1, -0.05) is 0 Å². The summed E-state index contributed by atoms with van der Waals surface area (Å²) in [5.74, 6) is 0. The second-order valence-corrected chi connectivity index (χ2v) is 5.12. The fourth-order valence-corrected chi connectivity index (χ4v) is 1.83. The first-order valence-electron chi connectivity index (χ1n) is 5.97. The topological polar surface area (TPSA) is 49.5 Å². The van der Waals surface area contributed by atoms with E-state index in [2.05, 4.69) is 0 Å². The van der Waals surface area contributed by atoms with Crippen LogP contribution in [-0.2, 0) is 0 Å². The first kappa shape index (κ1) is 14.7. The molecule has 1 saturated carbocycles. The van der Waals surface area contributed by atoms with Gasteiger partial charge in [0.05, 0.1) is 12.1 Å². The van der Waals surface area contributed by atoms with Crippen molar-refractivity contribution in [2.75, 3.05) is 19.6 Å². The molecule has 0 aromatic carbocycles. The van der Waals surface area contributed by atoms with Gasteiger partial charge in [-0.05, 0) is 39.2 Å². The van der Waals surface area contributed by atoms with E-state index in [1.165, 1.54) is 4.90 Å². The maximum absolute atomic E-state index is 12.3. The van der Waals surface area contributed by atoms with Gasteiger partial charge in [0.1, 0.15) is 0 Å². The monoisotopic (exact) mass is 254 g/mol. The summed E-state index contributed by atoms with van der Waals surface area (Å²) in [5, 5.41) is 9.66. The average Bonchev–Trinajstić information content (AvgIpc) is 2.97. The van der Waals surface area contributed by atoms with Crippen LogP contribution in [0.2, 0.25) is 0 Å². The summed E-state index contributed by atoms with van der Waals surface area (Å²) < 4.78 is 36.9. The second kappa shape index (κ2) is 5.54. The van der Waals surface area contributed by atoms with Crippen molar-refractivity contribution in [3.8, 4) is 0 Å². The second-order valence-electron chi connectivity index (χ2n) is 5.12. The summed E-state index contributed by atoms with van der Waals surface area (Å²) in [7, 11) is 0. The van der Waals surface area contributed by atoms with Crippen LogP contribution < -0.4 is 5.73 Å². The minimum atomic E-state index is -4.14. The third kappa shape index (κ3) is 6.24. The van der Waals surface area contributed by atoms with Gasteiger partial charge >= 0.3 is 6.18 Å². The van der Waals surface area contributed by atoms with E-state index in [0.29, 0.717) is 19.4 Å². The highest BCUT2D eigenvalue weighted by Crippen LogP contribution is 2.30. The normalized spacial score (nSPS) is 20.6. The van der Waals surface area contributed by atoms with E-state index in [1.807, 2.05) is 0 Å². The SMILES string of the molecule is CC(O)(CN)CCCN(CC(F)(F)F)C1CC1. The lowest BCUT2D eigenvalue weighted by molar-refractivity contribution is -0.147. The van der Waals surface area contributed by atoms with E-state index in [1.54, 1.807) is 6.92 Å². The maximum Gasteiger partial charge on any atom is 0.401 e. The molecule has 0 aromatic heterocycles. The lowest BCUT2D eigenvalue weighted by atomic mass is 10.0. The van der Waals surface area contributed by atoms with Crippen molar-refractivity contribution in [2.24, 2.45) is 5.73 Å². The highest BCUT2D eigenvalue weighted by molar-refractivity contribution is 4.86. The summed E-state index contributed by atoms with van der Waals surface area (Å²) in [6.07, 6.45) is -1.47. The number of alkyl halides is 3. The fourth-order valence-electron chi connectivity index (χ4n) is 1.83. The van der Waals surface area contributed by atoms with Gasteiger partial charge in [0, 0.05) is 12.6 Å². The van der Waals surface area contributed by atoms with Crippen molar-refractivity contribution in [3.05, 3.63) is 0 Å². The van der Waals surface area contributed by atoms with Gasteiger partial charge < -0.3 is 10.8 Å². The van der Waals surface area contributed by atoms with Gasteiger partial charge in [0.15, 0.2) is 0 Å². The molecule has 0 bridgehead atoms. The Labute approximate surface area is 99.8 Å². The van der Waals surface area contributed by atoms with Crippen molar-refractivity contribution in [2.45, 2.75) is 50.4 Å². The number of nitrogens with two attached hydrogens (primary N) is 1. The average molecular weight is 254 g/mol. The minimum absolute atomic E-state index is 0.0828. The van der Waals surface area contributed by atoms with E-state index < -0.39 is 18.3 Å².